The van der Waals surface area contributed by atoms with E-state index < -0.39 is 0 Å². The summed E-state index contributed by atoms with van der Waals surface area (Å²) >= 11 is 1.73. The molecule has 1 saturated carbocycles. The lowest BCUT2D eigenvalue weighted by molar-refractivity contribution is -0.148. The van der Waals surface area contributed by atoms with Crippen molar-refractivity contribution in [1.29, 1.82) is 0 Å². The van der Waals surface area contributed by atoms with Gasteiger partial charge in [0.05, 0.1) is 17.9 Å². The molecule has 0 radical (unpaired) electrons. The summed E-state index contributed by atoms with van der Waals surface area (Å²) in [4.78, 5) is 42.7. The van der Waals surface area contributed by atoms with Crippen LogP contribution in [0.4, 0.5) is 0 Å². The van der Waals surface area contributed by atoms with E-state index in [1.807, 2.05) is 11.8 Å². The van der Waals surface area contributed by atoms with Gasteiger partial charge in [0.1, 0.15) is 6.54 Å². The molecule has 2 aliphatic heterocycles. The first-order valence-electron chi connectivity index (χ1n) is 8.95. The van der Waals surface area contributed by atoms with E-state index in [1.54, 1.807) is 11.3 Å². The van der Waals surface area contributed by atoms with Gasteiger partial charge in [0, 0.05) is 11.4 Å². The van der Waals surface area contributed by atoms with Crippen LogP contribution in [0, 0.1) is 23.7 Å². The van der Waals surface area contributed by atoms with Gasteiger partial charge in [-0.05, 0) is 48.6 Å². The summed E-state index contributed by atoms with van der Waals surface area (Å²) in [6.45, 7) is 2.58. The van der Waals surface area contributed by atoms with Crippen molar-refractivity contribution in [2.75, 3.05) is 13.1 Å². The number of carbonyl (C=O) groups is 3. The maximum Gasteiger partial charge on any atom is 0.243 e. The third kappa shape index (κ3) is 2.03. The topological polar surface area (TPSA) is 57.7 Å². The van der Waals surface area contributed by atoms with E-state index in [4.69, 9.17) is 0 Å². The molecule has 0 aromatic carbocycles. The highest BCUT2D eigenvalue weighted by atomic mass is 32.1. The van der Waals surface area contributed by atoms with Crippen molar-refractivity contribution in [2.24, 2.45) is 23.7 Å². The van der Waals surface area contributed by atoms with Crippen molar-refractivity contribution in [2.45, 2.75) is 25.8 Å². The zero-order chi connectivity index (χ0) is 17.3. The summed E-state index contributed by atoms with van der Waals surface area (Å²) < 4.78 is 0. The Morgan fingerprint density at radius 2 is 1.88 bits per heavy atom. The molecule has 6 heteroatoms. The summed E-state index contributed by atoms with van der Waals surface area (Å²) in [6, 6.07) is 2.08. The average Bonchev–Trinajstić information content (AvgIpc) is 3.35. The van der Waals surface area contributed by atoms with Crippen LogP contribution in [0.25, 0.3) is 0 Å². The molecule has 3 heterocycles. The fourth-order valence-corrected chi connectivity index (χ4v) is 6.16. The lowest BCUT2D eigenvalue weighted by Gasteiger charge is -2.34. The second kappa shape index (κ2) is 5.27. The van der Waals surface area contributed by atoms with Crippen molar-refractivity contribution < 1.29 is 14.4 Å². The van der Waals surface area contributed by atoms with Crippen molar-refractivity contribution >= 4 is 29.1 Å². The Labute approximate surface area is 150 Å². The van der Waals surface area contributed by atoms with Gasteiger partial charge in [0.15, 0.2) is 0 Å². The Hall–Kier alpha value is -1.95. The maximum absolute atomic E-state index is 12.9. The van der Waals surface area contributed by atoms with Crippen molar-refractivity contribution in [1.82, 2.24) is 9.80 Å². The molecule has 130 valence electrons. The van der Waals surface area contributed by atoms with Crippen LogP contribution in [0.15, 0.2) is 23.6 Å². The van der Waals surface area contributed by atoms with Crippen LogP contribution in [0.5, 0.6) is 0 Å². The van der Waals surface area contributed by atoms with Gasteiger partial charge < -0.3 is 4.90 Å². The molecular weight excluding hydrogens is 336 g/mol. The van der Waals surface area contributed by atoms with Crippen molar-refractivity contribution in [3.8, 4) is 0 Å². The van der Waals surface area contributed by atoms with E-state index in [9.17, 15) is 14.4 Å². The molecular formula is C19H20N2O3S. The molecule has 5 unspecified atom stereocenters. The molecule has 2 bridgehead atoms. The summed E-state index contributed by atoms with van der Waals surface area (Å²) in [5, 5.41) is 2.06. The van der Waals surface area contributed by atoms with Crippen LogP contribution < -0.4 is 0 Å². The van der Waals surface area contributed by atoms with Gasteiger partial charge in [0.25, 0.3) is 0 Å². The number of imide groups is 1. The fraction of sp³-hybridized carbons (Fsp3) is 0.526. The molecule has 1 aromatic rings. The van der Waals surface area contributed by atoms with E-state index in [0.717, 1.165) is 12.8 Å². The molecule has 0 N–H and O–H groups in total. The highest BCUT2D eigenvalue weighted by molar-refractivity contribution is 7.10. The number of amides is 3. The van der Waals surface area contributed by atoms with Crippen LogP contribution in [0.2, 0.25) is 0 Å². The van der Waals surface area contributed by atoms with Crippen LogP contribution in [-0.4, -0.2) is 40.6 Å². The predicted octanol–water partition coefficient (Wildman–Crippen LogP) is 2.00. The van der Waals surface area contributed by atoms with Gasteiger partial charge >= 0.3 is 0 Å². The first-order valence-corrected chi connectivity index (χ1v) is 9.83. The number of allylic oxidation sites excluding steroid dienone is 2. The number of hydrogen-bond acceptors (Lipinski definition) is 4. The molecule has 5 atom stereocenters. The highest BCUT2D eigenvalue weighted by Crippen LogP contribution is 2.52. The van der Waals surface area contributed by atoms with E-state index in [0.29, 0.717) is 6.54 Å². The Morgan fingerprint density at radius 1 is 1.20 bits per heavy atom. The zero-order valence-corrected chi connectivity index (χ0v) is 14.9. The Balaban J connectivity index is 1.34. The Kier molecular flexibility index (Phi) is 3.23. The van der Waals surface area contributed by atoms with Crippen LogP contribution in [0.1, 0.15) is 29.8 Å². The van der Waals surface area contributed by atoms with Gasteiger partial charge in [-0.25, -0.2) is 0 Å². The largest absolute Gasteiger partial charge is 0.334 e. The third-order valence-corrected chi connectivity index (χ3v) is 7.45. The molecule has 5 nitrogen and oxygen atoms in total. The molecule has 1 saturated heterocycles. The molecule has 5 rings (SSSR count). The van der Waals surface area contributed by atoms with E-state index in [1.165, 1.54) is 15.3 Å². The number of nitrogens with zero attached hydrogens (tertiary/aromatic N) is 2. The van der Waals surface area contributed by atoms with Crippen molar-refractivity contribution in [3.63, 3.8) is 0 Å². The normalized spacial score (nSPS) is 35.5. The van der Waals surface area contributed by atoms with Gasteiger partial charge in [-0.2, -0.15) is 0 Å². The molecule has 2 fully saturated rings. The quantitative estimate of drug-likeness (QED) is 0.602. The molecule has 3 amide bonds. The van der Waals surface area contributed by atoms with E-state index in [-0.39, 0.29) is 54.0 Å². The van der Waals surface area contributed by atoms with Gasteiger partial charge in [-0.1, -0.05) is 12.2 Å². The number of fused-ring (bicyclic) bond motifs is 6. The van der Waals surface area contributed by atoms with Crippen molar-refractivity contribution in [3.05, 3.63) is 34.0 Å². The first kappa shape index (κ1) is 15.3. The van der Waals surface area contributed by atoms with E-state index >= 15 is 0 Å². The molecule has 25 heavy (non-hydrogen) atoms. The highest BCUT2D eigenvalue weighted by Gasteiger charge is 2.59. The molecule has 2 aliphatic carbocycles. The van der Waals surface area contributed by atoms with Gasteiger partial charge in [-0.15, -0.1) is 11.3 Å². The van der Waals surface area contributed by atoms with Crippen LogP contribution in [0.3, 0.4) is 0 Å². The molecule has 1 aromatic heterocycles. The maximum atomic E-state index is 12.9. The fourth-order valence-electron chi connectivity index (χ4n) is 5.20. The van der Waals surface area contributed by atoms with Crippen LogP contribution >= 0.6 is 11.3 Å². The number of carbonyl (C=O) groups excluding carboxylic acids is 3. The minimum Gasteiger partial charge on any atom is -0.334 e. The molecule has 0 spiro atoms. The first-order chi connectivity index (χ1) is 12.1. The number of rotatable bonds is 2. The third-order valence-electron chi connectivity index (χ3n) is 6.45. The summed E-state index contributed by atoms with van der Waals surface area (Å²) in [5.41, 5.74) is 1.20. The number of thiophene rings is 1. The Morgan fingerprint density at radius 3 is 2.56 bits per heavy atom. The zero-order valence-electron chi connectivity index (χ0n) is 14.1. The number of hydrogen-bond donors (Lipinski definition) is 0. The van der Waals surface area contributed by atoms with Crippen LogP contribution in [-0.2, 0) is 20.8 Å². The SMILES string of the molecule is CC1c2ccsc2CCN1C(=O)CN1C(=O)C2C3C=CC(C3)C2C1=O. The average molecular weight is 356 g/mol. The summed E-state index contributed by atoms with van der Waals surface area (Å²) in [7, 11) is 0. The lowest BCUT2D eigenvalue weighted by Crippen LogP contribution is -2.46. The number of likely N-dealkylation sites (tertiary alicyclic amines) is 1. The smallest absolute Gasteiger partial charge is 0.243 e. The standard InChI is InChI=1S/C19H20N2O3S/c1-10-13-5-7-25-14(13)4-6-20(10)15(22)9-21-18(23)16-11-2-3-12(8-11)17(16)19(21)24/h2-3,5,7,10-12,16-17H,4,6,8-9H2,1H3. The minimum absolute atomic E-state index is 0.00709. The molecule has 4 aliphatic rings. The second-order valence-corrected chi connectivity index (χ2v) is 8.58. The second-order valence-electron chi connectivity index (χ2n) is 7.57. The lowest BCUT2D eigenvalue weighted by atomic mass is 9.85. The van der Waals surface area contributed by atoms with Gasteiger partial charge in [0.2, 0.25) is 17.7 Å². The summed E-state index contributed by atoms with van der Waals surface area (Å²) in [5.74, 6) is -0.466. The Bertz CT molecular complexity index is 783. The monoisotopic (exact) mass is 356 g/mol. The van der Waals surface area contributed by atoms with Gasteiger partial charge in [-0.3, -0.25) is 19.3 Å². The van der Waals surface area contributed by atoms with E-state index in [2.05, 4.69) is 23.6 Å². The summed E-state index contributed by atoms with van der Waals surface area (Å²) in [6.07, 6.45) is 5.92. The predicted molar refractivity (Wildman–Crippen MR) is 92.6 cm³/mol. The minimum atomic E-state index is -0.224.